The summed E-state index contributed by atoms with van der Waals surface area (Å²) < 4.78 is 0. The molecular weight excluding hydrogens is 386 g/mol. The average Bonchev–Trinajstić information content (AvgIpc) is 2.89. The molecule has 154 valence electrons. The van der Waals surface area contributed by atoms with Gasteiger partial charge in [-0.3, -0.25) is 4.99 Å². The van der Waals surface area contributed by atoms with E-state index in [4.69, 9.17) is 4.99 Å². The summed E-state index contributed by atoms with van der Waals surface area (Å²) in [6.45, 7) is 3.87. The fourth-order valence-corrected chi connectivity index (χ4v) is 4.22. The largest absolute Gasteiger partial charge is 0.252 e. The summed E-state index contributed by atoms with van der Waals surface area (Å²) in [6, 6.07) is 38.5. The van der Waals surface area contributed by atoms with Crippen molar-refractivity contribution in [1.29, 1.82) is 0 Å². The van der Waals surface area contributed by atoms with Gasteiger partial charge in [-0.25, -0.2) is 0 Å². The lowest BCUT2D eigenvalue weighted by molar-refractivity contribution is 0.880. The van der Waals surface area contributed by atoms with Crippen LogP contribution in [0.4, 0.5) is 0 Å². The molecular formula is C31H25N. The zero-order valence-corrected chi connectivity index (χ0v) is 18.0. The predicted molar refractivity (Wildman–Crippen MR) is 137 cm³/mol. The maximum absolute atomic E-state index is 5.07. The number of benzene rings is 4. The highest BCUT2D eigenvalue weighted by atomic mass is 14.8. The summed E-state index contributed by atoms with van der Waals surface area (Å²) in [6.07, 6.45) is 5.07. The van der Waals surface area contributed by atoms with Crippen LogP contribution in [0.2, 0.25) is 0 Å². The molecule has 32 heavy (non-hydrogen) atoms. The van der Waals surface area contributed by atoms with Gasteiger partial charge >= 0.3 is 0 Å². The normalized spacial score (nSPS) is 15.6. The summed E-state index contributed by atoms with van der Waals surface area (Å²) in [4.78, 5) is 5.07. The fraction of sp³-hybridized carbons (Fsp3) is 0.0645. The van der Waals surface area contributed by atoms with Crippen LogP contribution in [0.1, 0.15) is 34.6 Å². The highest BCUT2D eigenvalue weighted by Crippen LogP contribution is 2.34. The van der Waals surface area contributed by atoms with Crippen LogP contribution < -0.4 is 0 Å². The van der Waals surface area contributed by atoms with Gasteiger partial charge in [0.15, 0.2) is 0 Å². The van der Waals surface area contributed by atoms with Crippen molar-refractivity contribution < 1.29 is 0 Å². The van der Waals surface area contributed by atoms with Crippen LogP contribution in [0.3, 0.4) is 0 Å². The summed E-state index contributed by atoms with van der Waals surface area (Å²) in [5, 5.41) is 0. The topological polar surface area (TPSA) is 12.4 Å². The van der Waals surface area contributed by atoms with Crippen molar-refractivity contribution in [1.82, 2.24) is 0 Å². The molecule has 1 heterocycles. The Balaban J connectivity index is 1.51. The second kappa shape index (κ2) is 9.03. The molecule has 4 aromatic rings. The van der Waals surface area contributed by atoms with E-state index in [-0.39, 0.29) is 5.92 Å². The first-order valence-electron chi connectivity index (χ1n) is 11.0. The van der Waals surface area contributed by atoms with Crippen LogP contribution in [0.15, 0.2) is 127 Å². The Morgan fingerprint density at radius 2 is 1.19 bits per heavy atom. The molecule has 0 aromatic heterocycles. The Morgan fingerprint density at radius 1 is 0.625 bits per heavy atom. The van der Waals surface area contributed by atoms with Gasteiger partial charge in [0.05, 0.1) is 5.70 Å². The third-order valence-electron chi connectivity index (χ3n) is 6.02. The maximum atomic E-state index is 5.07. The van der Waals surface area contributed by atoms with E-state index in [0.29, 0.717) is 0 Å². The van der Waals surface area contributed by atoms with Crippen LogP contribution >= 0.6 is 0 Å². The fourth-order valence-electron chi connectivity index (χ4n) is 4.22. The Kier molecular flexibility index (Phi) is 5.63. The first-order chi connectivity index (χ1) is 15.8. The molecule has 5 rings (SSSR count). The quantitative estimate of drug-likeness (QED) is 0.315. The van der Waals surface area contributed by atoms with Gasteiger partial charge < -0.3 is 0 Å². The van der Waals surface area contributed by atoms with Crippen molar-refractivity contribution in [2.24, 2.45) is 4.99 Å². The van der Waals surface area contributed by atoms with Crippen molar-refractivity contribution in [2.75, 3.05) is 0 Å². The van der Waals surface area contributed by atoms with Crippen molar-refractivity contribution >= 4 is 17.5 Å². The van der Waals surface area contributed by atoms with Crippen molar-refractivity contribution in [3.8, 4) is 11.1 Å². The average molecular weight is 412 g/mol. The zero-order chi connectivity index (χ0) is 21.8. The van der Waals surface area contributed by atoms with Gasteiger partial charge in [-0.2, -0.15) is 0 Å². The Hall–Kier alpha value is -3.97. The molecule has 0 aliphatic carbocycles. The minimum atomic E-state index is 0.279. The SMILES string of the molecule is C=Cc1ccc(C2=NC(c3ccccc3)=CC(c3ccc(-c4ccccc4)cc3)C2)cc1. The van der Waals surface area contributed by atoms with Gasteiger partial charge in [-0.1, -0.05) is 128 Å². The Morgan fingerprint density at radius 3 is 1.81 bits per heavy atom. The monoisotopic (exact) mass is 411 g/mol. The highest BCUT2D eigenvalue weighted by molar-refractivity contribution is 6.05. The zero-order valence-electron chi connectivity index (χ0n) is 18.0. The lowest BCUT2D eigenvalue weighted by atomic mass is 9.86. The highest BCUT2D eigenvalue weighted by Gasteiger charge is 2.20. The van der Waals surface area contributed by atoms with Crippen LogP contribution in [0.5, 0.6) is 0 Å². The van der Waals surface area contributed by atoms with Crippen LogP contribution in [0, 0.1) is 0 Å². The van der Waals surface area contributed by atoms with E-state index in [0.717, 1.165) is 29.0 Å². The van der Waals surface area contributed by atoms with Gasteiger partial charge in [0.1, 0.15) is 0 Å². The number of hydrogen-bond acceptors (Lipinski definition) is 1. The van der Waals surface area contributed by atoms with E-state index >= 15 is 0 Å². The molecule has 4 aromatic carbocycles. The molecule has 0 saturated heterocycles. The molecule has 1 aliphatic rings. The molecule has 1 nitrogen and oxygen atoms in total. The molecule has 0 bridgehead atoms. The van der Waals surface area contributed by atoms with Crippen molar-refractivity contribution in [3.63, 3.8) is 0 Å². The lowest BCUT2D eigenvalue weighted by Gasteiger charge is -2.22. The van der Waals surface area contributed by atoms with Gasteiger partial charge in [-0.15, -0.1) is 0 Å². The van der Waals surface area contributed by atoms with Crippen molar-refractivity contribution in [2.45, 2.75) is 12.3 Å². The van der Waals surface area contributed by atoms with Gasteiger partial charge in [0, 0.05) is 18.1 Å². The summed E-state index contributed by atoms with van der Waals surface area (Å²) in [5.41, 5.74) is 9.40. The number of aliphatic imine (C=N–C) groups is 1. The second-order valence-corrected chi connectivity index (χ2v) is 8.10. The first-order valence-corrected chi connectivity index (χ1v) is 11.0. The van der Waals surface area contributed by atoms with E-state index in [1.165, 1.54) is 22.3 Å². The molecule has 0 amide bonds. The lowest BCUT2D eigenvalue weighted by Crippen LogP contribution is -2.12. The minimum absolute atomic E-state index is 0.279. The van der Waals surface area contributed by atoms with E-state index in [1.54, 1.807) is 0 Å². The molecule has 0 saturated carbocycles. The molecule has 1 atom stereocenters. The summed E-state index contributed by atoms with van der Waals surface area (Å²) in [7, 11) is 0. The maximum Gasteiger partial charge on any atom is 0.0671 e. The number of rotatable bonds is 5. The third-order valence-corrected chi connectivity index (χ3v) is 6.02. The van der Waals surface area contributed by atoms with Crippen LogP contribution in [-0.2, 0) is 0 Å². The number of allylic oxidation sites excluding steroid dienone is 1. The summed E-state index contributed by atoms with van der Waals surface area (Å²) >= 11 is 0. The van der Waals surface area contributed by atoms with Gasteiger partial charge in [0.2, 0.25) is 0 Å². The standard InChI is InChI=1S/C31H25N/c1-2-23-13-15-28(16-14-23)31-22-29(21-30(32-31)27-11-7-4-8-12-27)26-19-17-25(18-20-26)24-9-5-3-6-10-24/h2-21,29H,1,22H2. The second-order valence-electron chi connectivity index (χ2n) is 8.10. The number of hydrogen-bond donors (Lipinski definition) is 0. The smallest absolute Gasteiger partial charge is 0.0671 e. The third kappa shape index (κ3) is 4.24. The molecule has 0 radical (unpaired) electrons. The van der Waals surface area contributed by atoms with Crippen LogP contribution in [0.25, 0.3) is 22.9 Å². The number of nitrogens with zero attached hydrogens (tertiary/aromatic N) is 1. The Bertz CT molecular complexity index is 1260. The van der Waals surface area contributed by atoms with Gasteiger partial charge in [-0.05, 0) is 33.4 Å². The van der Waals surface area contributed by atoms with E-state index in [2.05, 4.69) is 116 Å². The molecule has 1 heteroatoms. The molecule has 1 aliphatic heterocycles. The van der Waals surface area contributed by atoms with E-state index < -0.39 is 0 Å². The van der Waals surface area contributed by atoms with Crippen LogP contribution in [-0.4, -0.2) is 5.71 Å². The first kappa shape index (κ1) is 20.0. The van der Waals surface area contributed by atoms with E-state index in [9.17, 15) is 0 Å². The summed E-state index contributed by atoms with van der Waals surface area (Å²) in [5.74, 6) is 0.279. The molecule has 0 N–H and O–H groups in total. The minimum Gasteiger partial charge on any atom is -0.252 e. The van der Waals surface area contributed by atoms with Gasteiger partial charge in [0.25, 0.3) is 0 Å². The molecule has 1 unspecified atom stereocenters. The molecule has 0 fully saturated rings. The van der Waals surface area contributed by atoms with Crippen molar-refractivity contribution in [3.05, 3.63) is 144 Å². The Labute approximate surface area is 190 Å². The predicted octanol–water partition coefficient (Wildman–Crippen LogP) is 8.01. The molecule has 0 spiro atoms. The van der Waals surface area contributed by atoms with E-state index in [1.807, 2.05) is 12.1 Å².